The molecule has 2 aromatic rings. The summed E-state index contributed by atoms with van der Waals surface area (Å²) < 4.78 is 4.90. The molecule has 21 heavy (non-hydrogen) atoms. The Kier molecular flexibility index (Phi) is 5.06. The van der Waals surface area contributed by atoms with Gasteiger partial charge in [0, 0.05) is 12.8 Å². The summed E-state index contributed by atoms with van der Waals surface area (Å²) in [4.78, 5) is 16.2. The van der Waals surface area contributed by atoms with E-state index in [0.29, 0.717) is 18.8 Å². The predicted octanol–water partition coefficient (Wildman–Crippen LogP) is 3.34. The minimum atomic E-state index is -0.0911. The maximum Gasteiger partial charge on any atom is 0.227 e. The number of hydrogen-bond acceptors (Lipinski definition) is 3. The van der Waals surface area contributed by atoms with Gasteiger partial charge in [0.2, 0.25) is 5.91 Å². The molecule has 0 aliphatic rings. The van der Waals surface area contributed by atoms with Gasteiger partial charge in [-0.2, -0.15) is 0 Å². The monoisotopic (exact) mass is 284 g/mol. The average Bonchev–Trinajstić information content (AvgIpc) is 2.49. The van der Waals surface area contributed by atoms with Gasteiger partial charge in [-0.15, -0.1) is 0 Å². The molecule has 0 aliphatic carbocycles. The number of ether oxygens (including phenoxy) is 1. The maximum absolute atomic E-state index is 11.8. The number of aromatic nitrogens is 1. The second-order valence-electron chi connectivity index (χ2n) is 4.92. The molecular formula is C17H20N2O2. The van der Waals surface area contributed by atoms with E-state index in [2.05, 4.69) is 22.4 Å². The summed E-state index contributed by atoms with van der Waals surface area (Å²) in [6, 6.07) is 12.0. The van der Waals surface area contributed by atoms with Crippen molar-refractivity contribution in [1.82, 2.24) is 4.98 Å². The Labute approximate surface area is 125 Å². The number of nitrogens with one attached hydrogen (secondary N) is 1. The van der Waals surface area contributed by atoms with Gasteiger partial charge in [0.15, 0.2) is 0 Å². The molecule has 1 N–H and O–H groups in total. The molecule has 1 amide bonds. The van der Waals surface area contributed by atoms with Crippen LogP contribution in [0, 0.1) is 13.8 Å². The van der Waals surface area contributed by atoms with Crippen molar-refractivity contribution in [1.29, 1.82) is 0 Å². The van der Waals surface area contributed by atoms with Gasteiger partial charge < -0.3 is 10.1 Å². The number of pyridine rings is 1. The van der Waals surface area contributed by atoms with Crippen LogP contribution in [-0.4, -0.2) is 24.6 Å². The van der Waals surface area contributed by atoms with Crippen molar-refractivity contribution in [2.75, 3.05) is 19.0 Å². The molecule has 110 valence electrons. The van der Waals surface area contributed by atoms with Gasteiger partial charge >= 0.3 is 0 Å². The zero-order valence-electron chi connectivity index (χ0n) is 12.6. The SMILES string of the molecule is COCCC(=O)Nc1cc(-c2ccccc2)c(C)c(C)n1. The van der Waals surface area contributed by atoms with Gasteiger partial charge in [0.1, 0.15) is 5.82 Å². The molecule has 2 rings (SSSR count). The van der Waals surface area contributed by atoms with Gasteiger partial charge in [-0.1, -0.05) is 30.3 Å². The van der Waals surface area contributed by atoms with Gasteiger partial charge in [-0.25, -0.2) is 4.98 Å². The summed E-state index contributed by atoms with van der Waals surface area (Å²) >= 11 is 0. The fraction of sp³-hybridized carbons (Fsp3) is 0.294. The predicted molar refractivity (Wildman–Crippen MR) is 84.3 cm³/mol. The summed E-state index contributed by atoms with van der Waals surface area (Å²) in [6.45, 7) is 4.40. The number of nitrogens with zero attached hydrogens (tertiary/aromatic N) is 1. The number of hydrogen-bond donors (Lipinski definition) is 1. The Morgan fingerprint density at radius 3 is 2.62 bits per heavy atom. The molecule has 0 saturated heterocycles. The number of benzene rings is 1. The molecule has 0 unspecified atom stereocenters. The lowest BCUT2D eigenvalue weighted by molar-refractivity contribution is -0.117. The molecule has 0 bridgehead atoms. The van der Waals surface area contributed by atoms with Crippen molar-refractivity contribution in [3.05, 3.63) is 47.7 Å². The fourth-order valence-electron chi connectivity index (χ4n) is 2.12. The van der Waals surface area contributed by atoms with Crippen molar-refractivity contribution in [3.63, 3.8) is 0 Å². The molecule has 4 nitrogen and oxygen atoms in total. The molecule has 0 radical (unpaired) electrons. The molecular weight excluding hydrogens is 264 g/mol. The summed E-state index contributed by atoms with van der Waals surface area (Å²) in [5, 5.41) is 2.82. The molecule has 0 fully saturated rings. The zero-order chi connectivity index (χ0) is 15.2. The third-order valence-electron chi connectivity index (χ3n) is 3.40. The van der Waals surface area contributed by atoms with E-state index in [0.717, 1.165) is 22.4 Å². The van der Waals surface area contributed by atoms with Crippen LogP contribution < -0.4 is 5.32 Å². The largest absolute Gasteiger partial charge is 0.384 e. The van der Waals surface area contributed by atoms with Crippen molar-refractivity contribution in [2.24, 2.45) is 0 Å². The number of aryl methyl sites for hydroxylation is 1. The molecule has 0 saturated carbocycles. The maximum atomic E-state index is 11.8. The highest BCUT2D eigenvalue weighted by Crippen LogP contribution is 2.27. The standard InChI is InChI=1S/C17H20N2O2/c1-12-13(2)18-16(19-17(20)9-10-21-3)11-15(12)14-7-5-4-6-8-14/h4-8,11H,9-10H2,1-3H3,(H,18,19,20). The van der Waals surface area contributed by atoms with Crippen LogP contribution >= 0.6 is 0 Å². The van der Waals surface area contributed by atoms with Crippen LogP contribution in [0.2, 0.25) is 0 Å². The Hall–Kier alpha value is -2.20. The summed E-state index contributed by atoms with van der Waals surface area (Å²) in [5.41, 5.74) is 4.24. The molecule has 1 aromatic carbocycles. The van der Waals surface area contributed by atoms with Crippen LogP contribution in [0.5, 0.6) is 0 Å². The normalized spacial score (nSPS) is 10.4. The Bertz CT molecular complexity index is 624. The first-order chi connectivity index (χ1) is 10.1. The van der Waals surface area contributed by atoms with Crippen LogP contribution in [-0.2, 0) is 9.53 Å². The van der Waals surface area contributed by atoms with Gasteiger partial charge in [0.05, 0.1) is 13.0 Å². The fourth-order valence-corrected chi connectivity index (χ4v) is 2.12. The Morgan fingerprint density at radius 1 is 1.24 bits per heavy atom. The molecule has 1 heterocycles. The number of amides is 1. The van der Waals surface area contributed by atoms with Gasteiger partial charge in [-0.05, 0) is 36.6 Å². The molecule has 0 spiro atoms. The molecule has 0 aliphatic heterocycles. The van der Waals surface area contributed by atoms with E-state index in [-0.39, 0.29) is 5.91 Å². The number of carbonyl (C=O) groups excluding carboxylic acids is 1. The summed E-state index contributed by atoms with van der Waals surface area (Å²) in [7, 11) is 1.58. The summed E-state index contributed by atoms with van der Waals surface area (Å²) in [6.07, 6.45) is 0.325. The average molecular weight is 284 g/mol. The van der Waals surface area contributed by atoms with Crippen molar-refractivity contribution >= 4 is 11.7 Å². The molecule has 0 atom stereocenters. The van der Waals surface area contributed by atoms with Crippen LogP contribution in [0.25, 0.3) is 11.1 Å². The lowest BCUT2D eigenvalue weighted by atomic mass is 10.0. The van der Waals surface area contributed by atoms with Gasteiger partial charge in [-0.3, -0.25) is 4.79 Å². The number of carbonyl (C=O) groups is 1. The highest BCUT2D eigenvalue weighted by atomic mass is 16.5. The van der Waals surface area contributed by atoms with Crippen molar-refractivity contribution < 1.29 is 9.53 Å². The van der Waals surface area contributed by atoms with Crippen LogP contribution in [0.15, 0.2) is 36.4 Å². The first kappa shape index (κ1) is 15.2. The molecule has 4 heteroatoms. The van der Waals surface area contributed by atoms with Gasteiger partial charge in [0.25, 0.3) is 0 Å². The van der Waals surface area contributed by atoms with Crippen LogP contribution in [0.3, 0.4) is 0 Å². The molecule has 1 aromatic heterocycles. The number of rotatable bonds is 5. The van der Waals surface area contributed by atoms with E-state index in [1.807, 2.05) is 38.1 Å². The van der Waals surface area contributed by atoms with E-state index in [9.17, 15) is 4.79 Å². The van der Waals surface area contributed by atoms with Crippen molar-refractivity contribution in [2.45, 2.75) is 20.3 Å². The van der Waals surface area contributed by atoms with Crippen LogP contribution in [0.1, 0.15) is 17.7 Å². The zero-order valence-corrected chi connectivity index (χ0v) is 12.6. The minimum Gasteiger partial charge on any atom is -0.384 e. The lowest BCUT2D eigenvalue weighted by Crippen LogP contribution is -2.15. The highest BCUT2D eigenvalue weighted by molar-refractivity contribution is 5.90. The topological polar surface area (TPSA) is 51.2 Å². The second-order valence-corrected chi connectivity index (χ2v) is 4.92. The van der Waals surface area contributed by atoms with E-state index >= 15 is 0 Å². The summed E-state index contributed by atoms with van der Waals surface area (Å²) in [5.74, 6) is 0.490. The smallest absolute Gasteiger partial charge is 0.227 e. The Morgan fingerprint density at radius 2 is 1.95 bits per heavy atom. The van der Waals surface area contributed by atoms with E-state index < -0.39 is 0 Å². The van der Waals surface area contributed by atoms with E-state index in [4.69, 9.17) is 4.74 Å². The highest BCUT2D eigenvalue weighted by Gasteiger charge is 2.10. The quantitative estimate of drug-likeness (QED) is 0.916. The first-order valence-electron chi connectivity index (χ1n) is 6.94. The number of methoxy groups -OCH3 is 1. The lowest BCUT2D eigenvalue weighted by Gasteiger charge is -2.12. The Balaban J connectivity index is 2.29. The first-order valence-corrected chi connectivity index (χ1v) is 6.94. The van der Waals surface area contributed by atoms with E-state index in [1.165, 1.54) is 0 Å². The van der Waals surface area contributed by atoms with E-state index in [1.54, 1.807) is 7.11 Å². The third-order valence-corrected chi connectivity index (χ3v) is 3.40. The van der Waals surface area contributed by atoms with Crippen LogP contribution in [0.4, 0.5) is 5.82 Å². The minimum absolute atomic E-state index is 0.0911. The van der Waals surface area contributed by atoms with Crippen molar-refractivity contribution in [3.8, 4) is 11.1 Å². The second kappa shape index (κ2) is 6.99. The number of anilines is 1. The third kappa shape index (κ3) is 3.89.